The van der Waals surface area contributed by atoms with Gasteiger partial charge in [0.05, 0.1) is 6.61 Å². The monoisotopic (exact) mass is 296 g/mol. The van der Waals surface area contributed by atoms with Gasteiger partial charge < -0.3 is 14.9 Å². The third-order valence-electron chi connectivity index (χ3n) is 1.91. The van der Waals surface area contributed by atoms with Gasteiger partial charge in [-0.2, -0.15) is 8.78 Å². The number of phenolic OH excluding ortho intramolecular Hbond substituents is 1. The van der Waals surface area contributed by atoms with Gasteiger partial charge in [0.15, 0.2) is 17.6 Å². The highest BCUT2D eigenvalue weighted by Gasteiger charge is 2.36. The molecule has 16 heavy (non-hydrogen) atoms. The van der Waals surface area contributed by atoms with Gasteiger partial charge in [-0.15, -0.1) is 0 Å². The lowest BCUT2D eigenvalue weighted by Gasteiger charge is -2.17. The van der Waals surface area contributed by atoms with Crippen molar-refractivity contribution >= 4 is 15.9 Å². The van der Waals surface area contributed by atoms with E-state index in [9.17, 15) is 19.0 Å². The van der Waals surface area contributed by atoms with E-state index < -0.39 is 10.9 Å². The van der Waals surface area contributed by atoms with E-state index in [0.29, 0.717) is 0 Å². The highest BCUT2D eigenvalue weighted by atomic mass is 79.9. The Morgan fingerprint density at radius 2 is 2.12 bits per heavy atom. The van der Waals surface area contributed by atoms with Gasteiger partial charge in [-0.1, -0.05) is 6.07 Å². The lowest BCUT2D eigenvalue weighted by molar-refractivity contribution is -0.0295. The Labute approximate surface area is 99.8 Å². The minimum absolute atomic E-state index is 0.0388. The van der Waals surface area contributed by atoms with Crippen LogP contribution < -0.4 is 4.74 Å². The molecule has 1 rings (SSSR count). The molecule has 1 atom stereocenters. The molecule has 0 bridgehead atoms. The van der Waals surface area contributed by atoms with E-state index in [2.05, 4.69) is 15.9 Å². The molecule has 6 heteroatoms. The van der Waals surface area contributed by atoms with Crippen molar-refractivity contribution in [2.45, 2.75) is 17.9 Å². The van der Waals surface area contributed by atoms with Crippen molar-refractivity contribution in [3.63, 3.8) is 0 Å². The van der Waals surface area contributed by atoms with Gasteiger partial charge in [-0.3, -0.25) is 0 Å². The van der Waals surface area contributed by atoms with Crippen molar-refractivity contribution in [2.24, 2.45) is 0 Å². The second kappa shape index (κ2) is 4.97. The first-order chi connectivity index (χ1) is 7.36. The van der Waals surface area contributed by atoms with Gasteiger partial charge in [0, 0.05) is 0 Å². The van der Waals surface area contributed by atoms with Gasteiger partial charge in [0.2, 0.25) is 0 Å². The minimum atomic E-state index is -3.42. The number of alkyl halides is 3. The average molecular weight is 297 g/mol. The smallest absolute Gasteiger partial charge is 0.330 e. The lowest BCUT2D eigenvalue weighted by atomic mass is 10.1. The summed E-state index contributed by atoms with van der Waals surface area (Å²) < 4.78 is 30.6. The molecular weight excluding hydrogens is 286 g/mol. The van der Waals surface area contributed by atoms with Crippen molar-refractivity contribution < 1.29 is 23.7 Å². The molecule has 0 spiro atoms. The molecule has 3 nitrogen and oxygen atoms in total. The van der Waals surface area contributed by atoms with Crippen molar-refractivity contribution in [1.82, 2.24) is 0 Å². The normalized spacial score (nSPS) is 13.6. The quantitative estimate of drug-likeness (QED) is 0.840. The SMILES string of the molecule is CCOc1cc(C(O)C(F)(F)Br)ccc1O. The van der Waals surface area contributed by atoms with Crippen LogP contribution in [0.15, 0.2) is 18.2 Å². The predicted octanol–water partition coefficient (Wildman–Crippen LogP) is 2.81. The molecule has 0 heterocycles. The van der Waals surface area contributed by atoms with E-state index >= 15 is 0 Å². The van der Waals surface area contributed by atoms with E-state index in [1.807, 2.05) is 0 Å². The number of phenols is 1. The number of ether oxygens (including phenoxy) is 1. The molecule has 0 aromatic heterocycles. The third-order valence-corrected chi connectivity index (χ3v) is 2.34. The van der Waals surface area contributed by atoms with Crippen molar-refractivity contribution in [3.8, 4) is 11.5 Å². The molecule has 90 valence electrons. The number of hydrogen-bond donors (Lipinski definition) is 2. The standard InChI is InChI=1S/C10H11BrF2O3/c1-2-16-8-5-6(3-4-7(8)14)9(15)10(11,12)13/h3-5,9,14-15H,2H2,1H3. The predicted molar refractivity (Wildman–Crippen MR) is 58.1 cm³/mol. The zero-order chi connectivity index (χ0) is 12.3. The van der Waals surface area contributed by atoms with Crippen LogP contribution in [0.25, 0.3) is 0 Å². The molecule has 1 unspecified atom stereocenters. The molecule has 2 N–H and O–H groups in total. The summed E-state index contributed by atoms with van der Waals surface area (Å²) in [6, 6.07) is 3.58. The second-order valence-electron chi connectivity index (χ2n) is 3.10. The van der Waals surface area contributed by atoms with Crippen molar-refractivity contribution in [1.29, 1.82) is 0 Å². The topological polar surface area (TPSA) is 49.7 Å². The molecule has 0 aliphatic heterocycles. The summed E-state index contributed by atoms with van der Waals surface area (Å²) in [6.07, 6.45) is -1.99. The molecule has 1 aromatic rings. The number of rotatable bonds is 4. The van der Waals surface area contributed by atoms with Gasteiger partial charge in [-0.05, 0) is 40.5 Å². The van der Waals surface area contributed by atoms with Crippen LogP contribution in [-0.2, 0) is 0 Å². The Balaban J connectivity index is 3.03. The summed E-state index contributed by atoms with van der Waals surface area (Å²) >= 11 is 2.08. The van der Waals surface area contributed by atoms with Crippen LogP contribution in [0, 0.1) is 0 Å². The number of aromatic hydroxyl groups is 1. The minimum Gasteiger partial charge on any atom is -0.504 e. The molecule has 0 aliphatic rings. The molecule has 0 saturated heterocycles. The van der Waals surface area contributed by atoms with Crippen molar-refractivity contribution in [3.05, 3.63) is 23.8 Å². The fourth-order valence-electron chi connectivity index (χ4n) is 1.16. The first-order valence-electron chi connectivity index (χ1n) is 4.56. The molecule has 0 radical (unpaired) electrons. The Morgan fingerprint density at radius 1 is 1.50 bits per heavy atom. The average Bonchev–Trinajstić information content (AvgIpc) is 2.19. The lowest BCUT2D eigenvalue weighted by Crippen LogP contribution is -2.18. The van der Waals surface area contributed by atoms with Gasteiger partial charge in [-0.25, -0.2) is 0 Å². The van der Waals surface area contributed by atoms with Crippen molar-refractivity contribution in [2.75, 3.05) is 6.61 Å². The second-order valence-corrected chi connectivity index (χ2v) is 4.16. The van der Waals surface area contributed by atoms with E-state index in [1.165, 1.54) is 18.2 Å². The fourth-order valence-corrected chi connectivity index (χ4v) is 1.43. The number of halogens is 3. The molecule has 0 fully saturated rings. The van der Waals surface area contributed by atoms with E-state index in [4.69, 9.17) is 4.74 Å². The number of aliphatic hydroxyl groups excluding tert-OH is 1. The van der Waals surface area contributed by atoms with Gasteiger partial charge >= 0.3 is 4.83 Å². The van der Waals surface area contributed by atoms with E-state index in [1.54, 1.807) is 6.92 Å². The third kappa shape index (κ3) is 3.05. The summed E-state index contributed by atoms with van der Waals surface area (Å²) in [7, 11) is 0. The number of benzene rings is 1. The highest BCUT2D eigenvalue weighted by Crippen LogP contribution is 2.39. The maximum absolute atomic E-state index is 12.8. The zero-order valence-corrected chi connectivity index (χ0v) is 10.0. The van der Waals surface area contributed by atoms with E-state index in [-0.39, 0.29) is 23.7 Å². The van der Waals surface area contributed by atoms with Crippen LogP contribution in [0.2, 0.25) is 0 Å². The maximum Gasteiger partial charge on any atom is 0.330 e. The number of hydrogen-bond acceptors (Lipinski definition) is 3. The van der Waals surface area contributed by atoms with Crippen LogP contribution in [0.1, 0.15) is 18.6 Å². The molecule has 0 aliphatic carbocycles. The highest BCUT2D eigenvalue weighted by molar-refractivity contribution is 9.10. The largest absolute Gasteiger partial charge is 0.504 e. The zero-order valence-electron chi connectivity index (χ0n) is 8.45. The fraction of sp³-hybridized carbons (Fsp3) is 0.400. The van der Waals surface area contributed by atoms with Crippen LogP contribution >= 0.6 is 15.9 Å². The summed E-state index contributed by atoms with van der Waals surface area (Å²) in [5.74, 6) is -0.0912. The van der Waals surface area contributed by atoms with Crippen LogP contribution in [-0.4, -0.2) is 21.7 Å². The van der Waals surface area contributed by atoms with E-state index in [0.717, 1.165) is 0 Å². The van der Waals surface area contributed by atoms with Gasteiger partial charge in [0.25, 0.3) is 0 Å². The Bertz CT molecular complexity index is 366. The molecule has 0 amide bonds. The Morgan fingerprint density at radius 3 is 2.62 bits per heavy atom. The summed E-state index contributed by atoms with van der Waals surface area (Å²) in [5, 5.41) is 18.7. The Kier molecular flexibility index (Phi) is 4.09. The summed E-state index contributed by atoms with van der Waals surface area (Å²) in [4.78, 5) is -3.42. The van der Waals surface area contributed by atoms with Crippen LogP contribution in [0.3, 0.4) is 0 Å². The maximum atomic E-state index is 12.8. The molecule has 0 saturated carbocycles. The van der Waals surface area contributed by atoms with Crippen LogP contribution in [0.5, 0.6) is 11.5 Å². The number of aliphatic hydroxyl groups is 1. The summed E-state index contributed by atoms with van der Waals surface area (Å²) in [5.41, 5.74) is -0.0388. The Hall–Kier alpha value is -0.880. The first kappa shape index (κ1) is 13.2. The first-order valence-corrected chi connectivity index (χ1v) is 5.36. The van der Waals surface area contributed by atoms with Crippen LogP contribution in [0.4, 0.5) is 8.78 Å². The molecular formula is C10H11BrF2O3. The molecule has 1 aromatic carbocycles. The van der Waals surface area contributed by atoms with Gasteiger partial charge in [0.1, 0.15) is 0 Å². The summed E-state index contributed by atoms with van der Waals surface area (Å²) in [6.45, 7) is 1.99.